The van der Waals surface area contributed by atoms with E-state index in [-0.39, 0.29) is 40.6 Å². The van der Waals surface area contributed by atoms with Gasteiger partial charge in [-0.05, 0) is 42.8 Å². The number of nitrogens with one attached hydrogen (secondary N) is 1. The van der Waals surface area contributed by atoms with Crippen molar-refractivity contribution in [3.63, 3.8) is 0 Å². The van der Waals surface area contributed by atoms with Crippen LogP contribution in [-0.2, 0) is 14.4 Å². The second-order valence-electron chi connectivity index (χ2n) is 9.89. The van der Waals surface area contributed by atoms with Crippen LogP contribution in [0.3, 0.4) is 0 Å². The number of alkyl halides is 2. The van der Waals surface area contributed by atoms with Crippen molar-refractivity contribution in [1.29, 1.82) is 5.26 Å². The van der Waals surface area contributed by atoms with Gasteiger partial charge in [0, 0.05) is 41.6 Å². The molecule has 0 spiro atoms. The minimum atomic E-state index is -2.91. The number of amides is 3. The predicted octanol–water partition coefficient (Wildman–Crippen LogP) is 4.93. The number of benzene rings is 2. The van der Waals surface area contributed by atoms with Gasteiger partial charge in [0.05, 0.1) is 0 Å². The zero-order valence-electron chi connectivity index (χ0n) is 21.4. The maximum absolute atomic E-state index is 14.5. The van der Waals surface area contributed by atoms with Gasteiger partial charge in [0.15, 0.2) is 0 Å². The number of nitriles is 1. The number of aromatic nitrogens is 1. The van der Waals surface area contributed by atoms with Crippen molar-refractivity contribution in [3.05, 3.63) is 88.8 Å². The molecule has 0 radical (unpaired) electrons. The molecule has 41 heavy (non-hydrogen) atoms. The van der Waals surface area contributed by atoms with Crippen LogP contribution in [0.4, 0.5) is 24.7 Å². The molecule has 1 saturated carbocycles. The fourth-order valence-electron chi connectivity index (χ4n) is 5.15. The van der Waals surface area contributed by atoms with Gasteiger partial charge in [0.25, 0.3) is 11.8 Å². The van der Waals surface area contributed by atoms with Gasteiger partial charge < -0.3 is 5.32 Å². The third-order valence-electron chi connectivity index (χ3n) is 7.06. The molecule has 210 valence electrons. The summed E-state index contributed by atoms with van der Waals surface area (Å²) < 4.78 is 41.7. The van der Waals surface area contributed by atoms with Crippen LogP contribution in [0.25, 0.3) is 0 Å². The molecule has 8 nitrogen and oxygen atoms in total. The molecule has 3 amide bonds. The molecule has 1 saturated heterocycles. The molecule has 1 N–H and O–H groups in total. The molecule has 1 aromatic heterocycles. The van der Waals surface area contributed by atoms with Crippen molar-refractivity contribution in [1.82, 2.24) is 10.3 Å². The summed E-state index contributed by atoms with van der Waals surface area (Å²) in [5, 5.41) is 12.0. The molecular weight excluding hydrogens is 559 g/mol. The lowest BCUT2D eigenvalue weighted by atomic mass is 9.87. The molecule has 1 aliphatic carbocycles. The molecular formula is C29H23ClF3N5O3. The Morgan fingerprint density at radius 1 is 1.12 bits per heavy atom. The predicted molar refractivity (Wildman–Crippen MR) is 144 cm³/mol. The lowest BCUT2D eigenvalue weighted by Gasteiger charge is -2.39. The maximum atomic E-state index is 14.5. The first-order valence-corrected chi connectivity index (χ1v) is 13.2. The Bertz CT molecular complexity index is 1550. The lowest BCUT2D eigenvalue weighted by Crippen LogP contribution is -2.56. The number of hydrogen-bond acceptors (Lipinski definition) is 5. The molecule has 3 aromatic rings. The van der Waals surface area contributed by atoms with E-state index in [1.165, 1.54) is 42.5 Å². The van der Waals surface area contributed by atoms with E-state index in [0.29, 0.717) is 0 Å². The molecule has 2 aliphatic rings. The SMILES string of the molecule is N#Cc1cccc(N2C(=O)CC[C@H]2C(=O)N(c2cccc(F)c2)[C@@H](C(=O)NC2CC(F)(F)C2)c2ccccc2Cl)n1. The van der Waals surface area contributed by atoms with Crippen molar-refractivity contribution in [2.24, 2.45) is 0 Å². The highest BCUT2D eigenvalue weighted by Gasteiger charge is 2.48. The van der Waals surface area contributed by atoms with E-state index in [4.69, 9.17) is 11.6 Å². The fraction of sp³-hybridized carbons (Fsp3) is 0.276. The van der Waals surface area contributed by atoms with Crippen molar-refractivity contribution in [2.45, 2.75) is 49.7 Å². The van der Waals surface area contributed by atoms with Crippen LogP contribution in [0.15, 0.2) is 66.7 Å². The summed E-state index contributed by atoms with van der Waals surface area (Å²) in [5.74, 6) is -5.51. The Balaban J connectivity index is 1.61. The summed E-state index contributed by atoms with van der Waals surface area (Å²) >= 11 is 6.48. The summed E-state index contributed by atoms with van der Waals surface area (Å²) in [6.45, 7) is 0. The van der Waals surface area contributed by atoms with Crippen molar-refractivity contribution in [3.8, 4) is 6.07 Å². The number of nitrogens with zero attached hydrogens (tertiary/aromatic N) is 4. The first-order valence-electron chi connectivity index (χ1n) is 12.8. The lowest BCUT2D eigenvalue weighted by molar-refractivity contribution is -0.133. The maximum Gasteiger partial charge on any atom is 0.252 e. The van der Waals surface area contributed by atoms with Crippen LogP contribution >= 0.6 is 11.6 Å². The monoisotopic (exact) mass is 581 g/mol. The average Bonchev–Trinajstić information content (AvgIpc) is 3.32. The van der Waals surface area contributed by atoms with Gasteiger partial charge in [-0.3, -0.25) is 24.2 Å². The Hall–Kier alpha value is -4.43. The van der Waals surface area contributed by atoms with E-state index in [9.17, 15) is 32.8 Å². The van der Waals surface area contributed by atoms with Crippen molar-refractivity contribution in [2.75, 3.05) is 9.80 Å². The second kappa shape index (κ2) is 11.2. The number of pyridine rings is 1. The van der Waals surface area contributed by atoms with Gasteiger partial charge in [-0.1, -0.05) is 41.9 Å². The van der Waals surface area contributed by atoms with Crippen LogP contribution in [-0.4, -0.2) is 40.7 Å². The summed E-state index contributed by atoms with van der Waals surface area (Å²) in [4.78, 5) is 47.6. The van der Waals surface area contributed by atoms with Gasteiger partial charge in [0.2, 0.25) is 11.8 Å². The molecule has 12 heteroatoms. The Morgan fingerprint density at radius 2 is 1.85 bits per heavy atom. The quantitative estimate of drug-likeness (QED) is 0.426. The number of hydrogen-bond donors (Lipinski definition) is 1. The number of carbonyl (C=O) groups excluding carboxylic acids is 3. The minimum absolute atomic E-state index is 0.00737. The first-order chi connectivity index (χ1) is 19.6. The van der Waals surface area contributed by atoms with E-state index in [2.05, 4.69) is 10.3 Å². The normalized spacial score (nSPS) is 18.8. The highest BCUT2D eigenvalue weighted by atomic mass is 35.5. The smallest absolute Gasteiger partial charge is 0.252 e. The van der Waals surface area contributed by atoms with Crippen LogP contribution in [0.2, 0.25) is 5.02 Å². The molecule has 2 fully saturated rings. The van der Waals surface area contributed by atoms with Gasteiger partial charge in [-0.2, -0.15) is 5.26 Å². The second-order valence-corrected chi connectivity index (χ2v) is 10.3. The molecule has 2 atom stereocenters. The van der Waals surface area contributed by atoms with Gasteiger partial charge >= 0.3 is 0 Å². The number of halogens is 4. The molecule has 0 bridgehead atoms. The minimum Gasteiger partial charge on any atom is -0.351 e. The molecule has 5 rings (SSSR count). The number of carbonyl (C=O) groups is 3. The average molecular weight is 582 g/mol. The van der Waals surface area contributed by atoms with E-state index in [0.717, 1.165) is 21.9 Å². The Kier molecular flexibility index (Phi) is 7.69. The van der Waals surface area contributed by atoms with E-state index >= 15 is 0 Å². The standard InChI is InChI=1S/C29H23ClF3N5O3/c30-22-9-2-1-8-21(22)26(27(40)36-19-14-29(32,33)15-19)37(20-7-3-5-17(31)13-20)28(41)23-11-12-25(39)38(23)24-10-4-6-18(16-34)35-24/h1-10,13,19,23,26H,11-12,14-15H2,(H,36,40)/t23-,26+/m0/s1. The fourth-order valence-corrected chi connectivity index (χ4v) is 5.39. The van der Waals surface area contributed by atoms with Gasteiger partial charge in [-0.15, -0.1) is 0 Å². The van der Waals surface area contributed by atoms with E-state index in [1.807, 2.05) is 6.07 Å². The Morgan fingerprint density at radius 3 is 2.54 bits per heavy atom. The summed E-state index contributed by atoms with van der Waals surface area (Å²) in [7, 11) is 0. The van der Waals surface area contributed by atoms with Crippen LogP contribution in [0, 0.1) is 17.1 Å². The van der Waals surface area contributed by atoms with Crippen LogP contribution in [0.1, 0.15) is 43.0 Å². The molecule has 0 unspecified atom stereocenters. The highest BCUT2D eigenvalue weighted by molar-refractivity contribution is 6.31. The summed E-state index contributed by atoms with van der Waals surface area (Å²) in [6.07, 6.45) is -1.10. The number of anilines is 2. The highest BCUT2D eigenvalue weighted by Crippen LogP contribution is 2.39. The summed E-state index contributed by atoms with van der Waals surface area (Å²) in [6, 6.07) is 14.1. The third kappa shape index (κ3) is 5.74. The largest absolute Gasteiger partial charge is 0.351 e. The van der Waals surface area contributed by atoms with E-state index < -0.39 is 60.4 Å². The Labute approximate surface area is 238 Å². The molecule has 1 aliphatic heterocycles. The van der Waals surface area contributed by atoms with E-state index in [1.54, 1.807) is 12.1 Å². The molecule has 2 heterocycles. The zero-order valence-corrected chi connectivity index (χ0v) is 22.2. The van der Waals surface area contributed by atoms with Gasteiger partial charge in [-0.25, -0.2) is 18.2 Å². The third-order valence-corrected chi connectivity index (χ3v) is 7.40. The number of rotatable bonds is 7. The van der Waals surface area contributed by atoms with Crippen molar-refractivity contribution < 1.29 is 27.6 Å². The summed E-state index contributed by atoms with van der Waals surface area (Å²) in [5.41, 5.74) is 0.198. The van der Waals surface area contributed by atoms with Gasteiger partial charge in [0.1, 0.15) is 35.5 Å². The molecule has 2 aromatic carbocycles. The topological polar surface area (TPSA) is 106 Å². The van der Waals surface area contributed by atoms with Crippen LogP contribution < -0.4 is 15.1 Å². The zero-order chi connectivity index (χ0) is 29.3. The van der Waals surface area contributed by atoms with Crippen molar-refractivity contribution >= 4 is 40.8 Å². The van der Waals surface area contributed by atoms with Crippen LogP contribution in [0.5, 0.6) is 0 Å². The first kappa shape index (κ1) is 28.1.